The molecule has 0 unspecified atom stereocenters. The van der Waals surface area contributed by atoms with E-state index in [2.05, 4.69) is 27.5 Å². The van der Waals surface area contributed by atoms with Crippen LogP contribution in [0.2, 0.25) is 0 Å². The van der Waals surface area contributed by atoms with Crippen molar-refractivity contribution in [3.63, 3.8) is 0 Å². The predicted molar refractivity (Wildman–Crippen MR) is 115 cm³/mol. The molecule has 5 rings (SSSR count). The molecule has 0 amide bonds. The van der Waals surface area contributed by atoms with Gasteiger partial charge in [-0.1, -0.05) is 24.3 Å². The first-order valence-electron chi connectivity index (χ1n) is 9.28. The molecule has 1 aromatic carbocycles. The Balaban J connectivity index is 1.70. The van der Waals surface area contributed by atoms with Gasteiger partial charge in [0.1, 0.15) is 0 Å². The van der Waals surface area contributed by atoms with Crippen LogP contribution in [-0.4, -0.2) is 13.9 Å². The van der Waals surface area contributed by atoms with E-state index < -0.39 is 0 Å². The highest BCUT2D eigenvalue weighted by Crippen LogP contribution is 2.39. The third-order valence-electron chi connectivity index (χ3n) is 5.16. The number of thiazole rings is 1. The number of rotatable bonds is 4. The van der Waals surface area contributed by atoms with Crippen LogP contribution in [-0.2, 0) is 7.05 Å². The molecule has 0 atom stereocenters. The highest BCUT2D eigenvalue weighted by molar-refractivity contribution is 7.14. The summed E-state index contributed by atoms with van der Waals surface area (Å²) in [5, 5.41) is 4.26. The second-order valence-corrected chi connectivity index (χ2v) is 8.79. The lowest BCUT2D eigenvalue weighted by Gasteiger charge is -2.07. The number of thiophene rings is 1. The minimum Gasteiger partial charge on any atom is -0.313 e. The van der Waals surface area contributed by atoms with Crippen molar-refractivity contribution >= 4 is 28.4 Å². The fourth-order valence-corrected chi connectivity index (χ4v) is 5.25. The molecule has 0 N–H and O–H groups in total. The summed E-state index contributed by atoms with van der Waals surface area (Å²) >= 11 is 3.35. The molecule has 142 valence electrons. The summed E-state index contributed by atoms with van der Waals surface area (Å²) in [6.07, 6.45) is 2.34. The first-order valence-corrected chi connectivity index (χ1v) is 11.0. The van der Waals surface area contributed by atoms with Crippen molar-refractivity contribution in [1.82, 2.24) is 13.9 Å². The molecular formula is C21H20N4OS2. The van der Waals surface area contributed by atoms with Crippen molar-refractivity contribution < 1.29 is 0 Å². The van der Waals surface area contributed by atoms with E-state index in [1.165, 1.54) is 23.4 Å². The number of aromatic nitrogens is 3. The van der Waals surface area contributed by atoms with E-state index in [9.17, 15) is 4.79 Å². The van der Waals surface area contributed by atoms with Gasteiger partial charge in [0.05, 0.1) is 22.0 Å². The zero-order chi connectivity index (χ0) is 19.3. The lowest BCUT2D eigenvalue weighted by Crippen LogP contribution is -2.20. The van der Waals surface area contributed by atoms with Gasteiger partial charge >= 0.3 is 0 Å². The molecule has 1 aliphatic rings. The standard InChI is InChI=1S/C21H20N4OS2/c1-14-19(20(26)25(23(14)2)16-7-4-3-5-8-16)22-21-24(15-10-11-15)17(13-28-21)18-9-6-12-27-18/h3-9,12-13,15H,10-11H2,1-2H3. The lowest BCUT2D eigenvalue weighted by molar-refractivity contribution is 0.630. The Morgan fingerprint density at radius 2 is 1.86 bits per heavy atom. The van der Waals surface area contributed by atoms with E-state index in [0.717, 1.165) is 16.2 Å². The number of benzene rings is 1. The largest absolute Gasteiger partial charge is 0.313 e. The summed E-state index contributed by atoms with van der Waals surface area (Å²) < 4.78 is 5.88. The number of hydrogen-bond donors (Lipinski definition) is 0. The predicted octanol–water partition coefficient (Wildman–Crippen LogP) is 4.64. The molecular weight excluding hydrogens is 388 g/mol. The number of hydrogen-bond acceptors (Lipinski definition) is 4. The van der Waals surface area contributed by atoms with Crippen LogP contribution in [0.5, 0.6) is 0 Å². The monoisotopic (exact) mass is 408 g/mol. The maximum absolute atomic E-state index is 13.2. The second kappa shape index (κ2) is 6.76. The highest BCUT2D eigenvalue weighted by atomic mass is 32.1. The van der Waals surface area contributed by atoms with Gasteiger partial charge in [-0.2, -0.15) is 0 Å². The Morgan fingerprint density at radius 1 is 1.07 bits per heavy atom. The van der Waals surface area contributed by atoms with E-state index >= 15 is 0 Å². The van der Waals surface area contributed by atoms with Crippen LogP contribution < -0.4 is 10.4 Å². The number of para-hydroxylation sites is 1. The molecule has 0 aliphatic heterocycles. The quantitative estimate of drug-likeness (QED) is 0.485. The SMILES string of the molecule is Cc1c(N=c2scc(-c3cccs3)n2C2CC2)c(=O)n(-c2ccccc2)n1C. The minimum absolute atomic E-state index is 0.0837. The lowest BCUT2D eigenvalue weighted by atomic mass is 10.3. The summed E-state index contributed by atoms with van der Waals surface area (Å²) in [4.78, 5) is 20.2. The van der Waals surface area contributed by atoms with E-state index in [-0.39, 0.29) is 5.56 Å². The van der Waals surface area contributed by atoms with Crippen LogP contribution >= 0.6 is 22.7 Å². The van der Waals surface area contributed by atoms with E-state index in [1.807, 2.05) is 49.0 Å². The van der Waals surface area contributed by atoms with Gasteiger partial charge in [-0.3, -0.25) is 9.48 Å². The maximum Gasteiger partial charge on any atom is 0.297 e. The van der Waals surface area contributed by atoms with Crippen molar-refractivity contribution in [2.24, 2.45) is 12.0 Å². The van der Waals surface area contributed by atoms with Crippen LogP contribution in [0.3, 0.4) is 0 Å². The summed E-state index contributed by atoms with van der Waals surface area (Å²) in [5.74, 6) is 0. The van der Waals surface area contributed by atoms with Crippen molar-refractivity contribution in [3.05, 3.63) is 74.1 Å². The van der Waals surface area contributed by atoms with Crippen LogP contribution in [0.1, 0.15) is 24.6 Å². The zero-order valence-electron chi connectivity index (χ0n) is 15.7. The fraction of sp³-hybridized carbons (Fsp3) is 0.238. The van der Waals surface area contributed by atoms with Gasteiger partial charge < -0.3 is 4.57 Å². The van der Waals surface area contributed by atoms with E-state index in [0.29, 0.717) is 11.7 Å². The first-order chi connectivity index (χ1) is 13.6. The first kappa shape index (κ1) is 17.5. The molecule has 3 aromatic heterocycles. The average Bonchev–Trinajstić information content (AvgIpc) is 3.15. The summed E-state index contributed by atoms with van der Waals surface area (Å²) in [7, 11) is 1.91. The summed E-state index contributed by atoms with van der Waals surface area (Å²) in [5.41, 5.74) is 3.35. The van der Waals surface area contributed by atoms with Gasteiger partial charge in [-0.05, 0) is 43.3 Å². The van der Waals surface area contributed by atoms with Gasteiger partial charge in [-0.15, -0.1) is 22.7 Å². The van der Waals surface area contributed by atoms with Gasteiger partial charge in [0.15, 0.2) is 10.5 Å². The Bertz CT molecular complexity index is 1250. The Hall–Kier alpha value is -2.64. The second-order valence-electron chi connectivity index (χ2n) is 7.00. The van der Waals surface area contributed by atoms with Gasteiger partial charge in [0.2, 0.25) is 0 Å². The molecule has 1 saturated carbocycles. The molecule has 3 heterocycles. The third-order valence-corrected chi connectivity index (χ3v) is 6.89. The van der Waals surface area contributed by atoms with Gasteiger partial charge in [0.25, 0.3) is 5.56 Å². The minimum atomic E-state index is -0.0837. The molecule has 1 aliphatic carbocycles. The molecule has 7 heteroatoms. The molecule has 4 aromatic rings. The van der Waals surface area contributed by atoms with E-state index in [4.69, 9.17) is 4.99 Å². The molecule has 28 heavy (non-hydrogen) atoms. The van der Waals surface area contributed by atoms with Crippen molar-refractivity contribution in [2.75, 3.05) is 0 Å². The summed E-state index contributed by atoms with van der Waals surface area (Å²) in [6.45, 7) is 1.95. The molecule has 0 bridgehead atoms. The van der Waals surface area contributed by atoms with Crippen molar-refractivity contribution in [2.45, 2.75) is 25.8 Å². The molecule has 5 nitrogen and oxygen atoms in total. The van der Waals surface area contributed by atoms with Crippen LogP contribution in [0.25, 0.3) is 16.3 Å². The Kier molecular flexibility index (Phi) is 4.21. The molecule has 0 saturated heterocycles. The normalized spacial score (nSPS) is 14.7. The molecule has 1 fully saturated rings. The molecule has 0 spiro atoms. The molecule has 0 radical (unpaired) electrons. The Labute approximate surface area is 170 Å². The topological polar surface area (TPSA) is 44.2 Å². The average molecular weight is 409 g/mol. The highest BCUT2D eigenvalue weighted by Gasteiger charge is 2.28. The van der Waals surface area contributed by atoms with Crippen molar-refractivity contribution in [3.8, 4) is 16.3 Å². The van der Waals surface area contributed by atoms with E-state index in [1.54, 1.807) is 27.4 Å². The number of nitrogens with zero attached hydrogens (tertiary/aromatic N) is 4. The van der Waals surface area contributed by atoms with Crippen LogP contribution in [0, 0.1) is 6.92 Å². The Morgan fingerprint density at radius 3 is 2.54 bits per heavy atom. The van der Waals surface area contributed by atoms with Gasteiger partial charge in [-0.25, -0.2) is 9.67 Å². The van der Waals surface area contributed by atoms with Gasteiger partial charge in [0, 0.05) is 18.5 Å². The smallest absolute Gasteiger partial charge is 0.297 e. The third kappa shape index (κ3) is 2.82. The van der Waals surface area contributed by atoms with Crippen LogP contribution in [0.4, 0.5) is 5.69 Å². The maximum atomic E-state index is 13.2. The zero-order valence-corrected chi connectivity index (χ0v) is 17.3. The van der Waals surface area contributed by atoms with Crippen LogP contribution in [0.15, 0.2) is 63.0 Å². The summed E-state index contributed by atoms with van der Waals surface area (Å²) in [6, 6.07) is 14.4. The fourth-order valence-electron chi connectivity index (χ4n) is 3.47. The van der Waals surface area contributed by atoms with Crippen molar-refractivity contribution in [1.29, 1.82) is 0 Å².